The first-order valence-corrected chi connectivity index (χ1v) is 10.4. The molecule has 0 atom stereocenters. The van der Waals surface area contributed by atoms with E-state index in [1.807, 2.05) is 0 Å². The Morgan fingerprint density at radius 3 is 2.70 bits per heavy atom. The maximum Gasteiger partial charge on any atom is 0.310 e. The van der Waals surface area contributed by atoms with Gasteiger partial charge in [0.2, 0.25) is 5.88 Å². The Balaban J connectivity index is 1.39. The van der Waals surface area contributed by atoms with E-state index in [9.17, 15) is 14.0 Å². The molecular weight excluding hydrogens is 451 g/mol. The molecule has 0 aliphatic heterocycles. The van der Waals surface area contributed by atoms with Gasteiger partial charge in [-0.05, 0) is 55.0 Å². The fraction of sp³-hybridized carbons (Fsp3) is 0.125. The maximum absolute atomic E-state index is 13.3. The molecule has 0 aliphatic rings. The van der Waals surface area contributed by atoms with Gasteiger partial charge in [0.25, 0.3) is 5.91 Å². The lowest BCUT2D eigenvalue weighted by atomic mass is 10.1. The lowest BCUT2D eigenvalue weighted by molar-refractivity contribution is -0.142. The first-order valence-electron chi connectivity index (χ1n) is 9.99. The summed E-state index contributed by atoms with van der Waals surface area (Å²) < 4.78 is 29.4. The summed E-state index contributed by atoms with van der Waals surface area (Å²) in [5.74, 6) is -0.580. The van der Waals surface area contributed by atoms with Crippen LogP contribution in [0.15, 0.2) is 65.2 Å². The molecule has 0 fully saturated rings. The number of aromatic nitrogens is 1. The predicted octanol–water partition coefficient (Wildman–Crippen LogP) is 5.77. The minimum Gasteiger partial charge on any atom is -0.466 e. The first kappa shape index (κ1) is 22.3. The lowest BCUT2D eigenvalue weighted by Crippen LogP contribution is -2.10. The molecule has 168 valence electrons. The molecule has 0 spiro atoms. The number of ether oxygens (including phenoxy) is 2. The molecule has 0 bridgehead atoms. The molecule has 2 aromatic carbocycles. The Kier molecular flexibility index (Phi) is 6.55. The van der Waals surface area contributed by atoms with Crippen molar-refractivity contribution in [2.24, 2.45) is 0 Å². The first-order chi connectivity index (χ1) is 15.9. The Morgan fingerprint density at radius 2 is 1.97 bits per heavy atom. The third kappa shape index (κ3) is 5.48. The monoisotopic (exact) mass is 468 g/mol. The van der Waals surface area contributed by atoms with Crippen LogP contribution < -0.4 is 10.1 Å². The van der Waals surface area contributed by atoms with Crippen molar-refractivity contribution >= 4 is 40.1 Å². The van der Waals surface area contributed by atoms with Crippen LogP contribution in [0.3, 0.4) is 0 Å². The largest absolute Gasteiger partial charge is 0.466 e. The van der Waals surface area contributed by atoms with E-state index in [4.69, 9.17) is 25.5 Å². The van der Waals surface area contributed by atoms with Crippen molar-refractivity contribution in [2.75, 3.05) is 11.9 Å². The fourth-order valence-corrected chi connectivity index (χ4v) is 3.30. The highest BCUT2D eigenvalue weighted by Gasteiger charge is 2.14. The van der Waals surface area contributed by atoms with Gasteiger partial charge in [-0.1, -0.05) is 17.7 Å². The summed E-state index contributed by atoms with van der Waals surface area (Å²) >= 11 is 6.26. The summed E-state index contributed by atoms with van der Waals surface area (Å²) in [6.45, 7) is 2.06. The number of carbonyl (C=O) groups is 2. The number of pyridine rings is 1. The molecule has 4 rings (SSSR count). The topological polar surface area (TPSA) is 90.7 Å². The summed E-state index contributed by atoms with van der Waals surface area (Å²) in [6.07, 6.45) is 1.53. The van der Waals surface area contributed by atoms with Crippen LogP contribution in [-0.4, -0.2) is 23.5 Å². The zero-order chi connectivity index (χ0) is 23.4. The second-order valence-electron chi connectivity index (χ2n) is 6.98. The molecule has 9 heteroatoms. The number of nitrogens with one attached hydrogen (secondary N) is 1. The van der Waals surface area contributed by atoms with Crippen LogP contribution in [0.25, 0.3) is 11.0 Å². The highest BCUT2D eigenvalue weighted by molar-refractivity contribution is 6.32. The minimum absolute atomic E-state index is 0.0469. The number of fused-ring (bicyclic) bond motifs is 1. The van der Waals surface area contributed by atoms with Gasteiger partial charge in [-0.3, -0.25) is 9.59 Å². The number of rotatable bonds is 7. The summed E-state index contributed by atoms with van der Waals surface area (Å²) in [7, 11) is 0. The highest BCUT2D eigenvalue weighted by atomic mass is 35.5. The molecule has 0 unspecified atom stereocenters. The smallest absolute Gasteiger partial charge is 0.310 e. The van der Waals surface area contributed by atoms with Crippen LogP contribution in [0.5, 0.6) is 11.6 Å². The molecule has 1 N–H and O–H groups in total. The van der Waals surface area contributed by atoms with Crippen LogP contribution >= 0.6 is 11.6 Å². The average Bonchev–Trinajstić information content (AvgIpc) is 3.20. The van der Waals surface area contributed by atoms with E-state index < -0.39 is 11.7 Å². The number of benzene rings is 2. The van der Waals surface area contributed by atoms with Crippen molar-refractivity contribution in [2.45, 2.75) is 13.3 Å². The van der Waals surface area contributed by atoms with Gasteiger partial charge in [0.05, 0.1) is 29.9 Å². The van der Waals surface area contributed by atoms with E-state index in [0.29, 0.717) is 39.6 Å². The van der Waals surface area contributed by atoms with Crippen LogP contribution in [0, 0.1) is 5.82 Å². The number of hydrogen-bond donors (Lipinski definition) is 1. The van der Waals surface area contributed by atoms with Gasteiger partial charge < -0.3 is 19.2 Å². The standard InChI is InChI=1S/C24H18ClFN2O5/c1-2-31-23(29)10-14-3-6-20(18(25)9-14)33-22-8-5-17(13-27-22)28-24(30)21-12-15-11-16(26)4-7-19(15)32-21/h3-9,11-13H,2,10H2,1H3,(H,28,30). The molecular formula is C24H18ClFN2O5. The van der Waals surface area contributed by atoms with Crippen LogP contribution in [0.4, 0.5) is 10.1 Å². The van der Waals surface area contributed by atoms with E-state index in [1.54, 1.807) is 37.3 Å². The Morgan fingerprint density at radius 1 is 1.12 bits per heavy atom. The van der Waals surface area contributed by atoms with E-state index >= 15 is 0 Å². The van der Waals surface area contributed by atoms with E-state index in [1.165, 1.54) is 30.5 Å². The maximum atomic E-state index is 13.3. The molecule has 7 nitrogen and oxygen atoms in total. The quantitative estimate of drug-likeness (QED) is 0.346. The number of anilines is 1. The molecule has 4 aromatic rings. The van der Waals surface area contributed by atoms with Crippen molar-refractivity contribution in [1.82, 2.24) is 4.98 Å². The van der Waals surface area contributed by atoms with Gasteiger partial charge in [0.15, 0.2) is 5.76 Å². The van der Waals surface area contributed by atoms with E-state index in [-0.39, 0.29) is 24.0 Å². The lowest BCUT2D eigenvalue weighted by Gasteiger charge is -2.09. The van der Waals surface area contributed by atoms with Gasteiger partial charge in [-0.15, -0.1) is 0 Å². The predicted molar refractivity (Wildman–Crippen MR) is 120 cm³/mol. The molecule has 0 saturated carbocycles. The van der Waals surface area contributed by atoms with Crippen LogP contribution in [-0.2, 0) is 16.0 Å². The Labute approximate surface area is 193 Å². The number of furan rings is 1. The van der Waals surface area contributed by atoms with Crippen molar-refractivity contribution in [3.05, 3.63) is 83.0 Å². The molecule has 33 heavy (non-hydrogen) atoms. The summed E-state index contributed by atoms with van der Waals surface area (Å²) in [5.41, 5.74) is 1.52. The average molecular weight is 469 g/mol. The summed E-state index contributed by atoms with van der Waals surface area (Å²) in [5, 5.41) is 3.47. The molecule has 2 aromatic heterocycles. The fourth-order valence-electron chi connectivity index (χ4n) is 3.06. The molecule has 1 amide bonds. The van der Waals surface area contributed by atoms with Crippen molar-refractivity contribution in [3.63, 3.8) is 0 Å². The number of hydrogen-bond acceptors (Lipinski definition) is 6. The number of halogens is 2. The van der Waals surface area contributed by atoms with Crippen LogP contribution in [0.1, 0.15) is 23.0 Å². The molecule has 0 aliphatic carbocycles. The minimum atomic E-state index is -0.498. The van der Waals surface area contributed by atoms with Gasteiger partial charge >= 0.3 is 5.97 Å². The normalized spacial score (nSPS) is 10.8. The van der Waals surface area contributed by atoms with Gasteiger partial charge in [-0.2, -0.15) is 0 Å². The van der Waals surface area contributed by atoms with Crippen molar-refractivity contribution < 1.29 is 27.9 Å². The number of amides is 1. The third-order valence-corrected chi connectivity index (χ3v) is 4.86. The summed E-state index contributed by atoms with van der Waals surface area (Å²) in [4.78, 5) is 28.2. The van der Waals surface area contributed by atoms with Gasteiger partial charge in [0, 0.05) is 11.5 Å². The number of esters is 1. The van der Waals surface area contributed by atoms with Gasteiger partial charge in [0.1, 0.15) is 17.1 Å². The third-order valence-electron chi connectivity index (χ3n) is 4.56. The highest BCUT2D eigenvalue weighted by Crippen LogP contribution is 2.30. The van der Waals surface area contributed by atoms with Gasteiger partial charge in [-0.25, -0.2) is 9.37 Å². The Hall–Kier alpha value is -3.91. The van der Waals surface area contributed by atoms with Crippen LogP contribution in [0.2, 0.25) is 5.02 Å². The van der Waals surface area contributed by atoms with Crippen molar-refractivity contribution in [3.8, 4) is 11.6 Å². The zero-order valence-corrected chi connectivity index (χ0v) is 18.2. The van der Waals surface area contributed by atoms with E-state index in [0.717, 1.165) is 0 Å². The Bertz CT molecular complexity index is 1320. The molecule has 2 heterocycles. The number of nitrogens with zero attached hydrogens (tertiary/aromatic N) is 1. The number of carbonyl (C=O) groups excluding carboxylic acids is 2. The molecule has 0 radical (unpaired) electrons. The second-order valence-corrected chi connectivity index (χ2v) is 7.39. The second kappa shape index (κ2) is 9.70. The zero-order valence-electron chi connectivity index (χ0n) is 17.4. The van der Waals surface area contributed by atoms with Crippen molar-refractivity contribution in [1.29, 1.82) is 0 Å². The summed E-state index contributed by atoms with van der Waals surface area (Å²) in [6, 6.07) is 13.6. The van der Waals surface area contributed by atoms with E-state index in [2.05, 4.69) is 10.3 Å². The SMILES string of the molecule is CCOC(=O)Cc1ccc(Oc2ccc(NC(=O)c3cc4cc(F)ccc4o3)cn2)c(Cl)c1. The molecule has 0 saturated heterocycles.